The molecule has 0 radical (unpaired) electrons. The molecule has 66 valence electrons. The number of nitrogens with zero attached hydrogens (tertiary/aromatic N) is 2. The molecule has 1 aromatic heterocycles. The summed E-state index contributed by atoms with van der Waals surface area (Å²) in [5.74, 6) is 1.11. The molecule has 13 heavy (non-hydrogen) atoms. The molecule has 0 spiro atoms. The summed E-state index contributed by atoms with van der Waals surface area (Å²) in [4.78, 5) is 4.51. The molecule has 0 saturated carbocycles. The van der Waals surface area contributed by atoms with E-state index >= 15 is 0 Å². The molecule has 1 aliphatic heterocycles. The fraction of sp³-hybridized carbons (Fsp3) is 0.300. The largest absolute Gasteiger partial charge is 0.381 e. The zero-order valence-corrected chi connectivity index (χ0v) is 7.54. The van der Waals surface area contributed by atoms with Gasteiger partial charge in [-0.2, -0.15) is 0 Å². The third kappa shape index (κ3) is 0.813. The van der Waals surface area contributed by atoms with Gasteiger partial charge in [0.2, 0.25) is 0 Å². The SMILES string of the molecule is Cc1nc2cccc3c2n1CCN3. The number of hydrogen-bond donors (Lipinski definition) is 1. The summed E-state index contributed by atoms with van der Waals surface area (Å²) in [7, 11) is 0. The standard InChI is InChI=1S/C10H11N3/c1-7-12-9-4-2-3-8-10(9)13(7)6-5-11-8/h2-4,11H,5-6H2,1H3. The van der Waals surface area contributed by atoms with Gasteiger partial charge in [0.05, 0.1) is 16.7 Å². The maximum absolute atomic E-state index is 4.51. The molecule has 2 heterocycles. The van der Waals surface area contributed by atoms with Crippen LogP contribution in [-0.2, 0) is 6.54 Å². The molecule has 0 bridgehead atoms. The summed E-state index contributed by atoms with van der Waals surface area (Å²) < 4.78 is 2.28. The van der Waals surface area contributed by atoms with Crippen molar-refractivity contribution in [2.75, 3.05) is 11.9 Å². The summed E-state index contributed by atoms with van der Waals surface area (Å²) in [5, 5.41) is 3.38. The van der Waals surface area contributed by atoms with Gasteiger partial charge < -0.3 is 9.88 Å². The van der Waals surface area contributed by atoms with Crippen LogP contribution in [0.5, 0.6) is 0 Å². The zero-order valence-electron chi connectivity index (χ0n) is 7.54. The Morgan fingerprint density at radius 1 is 1.46 bits per heavy atom. The number of nitrogens with one attached hydrogen (secondary N) is 1. The van der Waals surface area contributed by atoms with Gasteiger partial charge in [-0.15, -0.1) is 0 Å². The molecule has 3 heteroatoms. The van der Waals surface area contributed by atoms with Crippen molar-refractivity contribution in [1.29, 1.82) is 0 Å². The lowest BCUT2D eigenvalue weighted by Crippen LogP contribution is -2.17. The highest BCUT2D eigenvalue weighted by molar-refractivity contribution is 5.89. The highest BCUT2D eigenvalue weighted by Gasteiger charge is 2.14. The van der Waals surface area contributed by atoms with E-state index in [1.165, 1.54) is 11.2 Å². The lowest BCUT2D eigenvalue weighted by molar-refractivity contribution is 0.708. The molecule has 1 aromatic carbocycles. The van der Waals surface area contributed by atoms with Crippen molar-refractivity contribution in [3.8, 4) is 0 Å². The third-order valence-corrected chi connectivity index (χ3v) is 2.61. The predicted molar refractivity (Wildman–Crippen MR) is 53.0 cm³/mol. The highest BCUT2D eigenvalue weighted by atomic mass is 15.1. The van der Waals surface area contributed by atoms with Crippen molar-refractivity contribution in [3.05, 3.63) is 24.0 Å². The van der Waals surface area contributed by atoms with Crippen molar-refractivity contribution < 1.29 is 0 Å². The number of anilines is 1. The lowest BCUT2D eigenvalue weighted by Gasteiger charge is -2.17. The number of benzene rings is 1. The van der Waals surface area contributed by atoms with Crippen molar-refractivity contribution in [3.63, 3.8) is 0 Å². The minimum absolute atomic E-state index is 1.00. The van der Waals surface area contributed by atoms with Crippen LogP contribution in [0.4, 0.5) is 5.69 Å². The molecule has 0 aliphatic carbocycles. The highest BCUT2D eigenvalue weighted by Crippen LogP contribution is 2.26. The Bertz CT molecular complexity index is 470. The average Bonchev–Trinajstić information content (AvgIpc) is 2.47. The van der Waals surface area contributed by atoms with E-state index in [1.54, 1.807) is 0 Å². The second-order valence-corrected chi connectivity index (χ2v) is 3.41. The van der Waals surface area contributed by atoms with Gasteiger partial charge in [-0.3, -0.25) is 0 Å². The number of hydrogen-bond acceptors (Lipinski definition) is 2. The summed E-state index contributed by atoms with van der Waals surface area (Å²) in [6.45, 7) is 4.10. The van der Waals surface area contributed by atoms with E-state index in [9.17, 15) is 0 Å². The van der Waals surface area contributed by atoms with Crippen LogP contribution in [0.15, 0.2) is 18.2 Å². The first-order chi connectivity index (χ1) is 6.36. The summed E-state index contributed by atoms with van der Waals surface area (Å²) in [6, 6.07) is 6.22. The van der Waals surface area contributed by atoms with Crippen LogP contribution < -0.4 is 5.32 Å². The monoisotopic (exact) mass is 173 g/mol. The van der Waals surface area contributed by atoms with E-state index in [4.69, 9.17) is 0 Å². The third-order valence-electron chi connectivity index (χ3n) is 2.61. The summed E-state index contributed by atoms with van der Waals surface area (Å²) in [5.41, 5.74) is 3.57. The zero-order chi connectivity index (χ0) is 8.84. The second kappa shape index (κ2) is 2.25. The first kappa shape index (κ1) is 6.95. The quantitative estimate of drug-likeness (QED) is 0.658. The molecule has 1 N–H and O–H groups in total. The van der Waals surface area contributed by atoms with Crippen LogP contribution in [0.3, 0.4) is 0 Å². The average molecular weight is 173 g/mol. The van der Waals surface area contributed by atoms with Crippen molar-refractivity contribution in [2.45, 2.75) is 13.5 Å². The molecule has 2 aromatic rings. The Balaban J connectivity index is 2.51. The fourth-order valence-electron chi connectivity index (χ4n) is 2.02. The van der Waals surface area contributed by atoms with Crippen LogP contribution in [0.25, 0.3) is 11.0 Å². The number of aromatic nitrogens is 2. The van der Waals surface area contributed by atoms with E-state index in [2.05, 4.69) is 33.9 Å². The molecule has 0 fully saturated rings. The Hall–Kier alpha value is -1.51. The fourth-order valence-corrected chi connectivity index (χ4v) is 2.02. The van der Waals surface area contributed by atoms with Crippen LogP contribution in [-0.4, -0.2) is 16.1 Å². The maximum atomic E-state index is 4.51. The van der Waals surface area contributed by atoms with E-state index in [1.807, 2.05) is 6.07 Å². The smallest absolute Gasteiger partial charge is 0.106 e. The normalized spacial score (nSPS) is 14.5. The Morgan fingerprint density at radius 3 is 3.31 bits per heavy atom. The van der Waals surface area contributed by atoms with Gasteiger partial charge in [0, 0.05) is 13.1 Å². The molecule has 3 rings (SSSR count). The van der Waals surface area contributed by atoms with Crippen LogP contribution in [0.1, 0.15) is 5.82 Å². The number of aryl methyl sites for hydroxylation is 1. The predicted octanol–water partition coefficient (Wildman–Crippen LogP) is 1.77. The minimum atomic E-state index is 1.00. The van der Waals surface area contributed by atoms with Gasteiger partial charge in [-0.25, -0.2) is 4.98 Å². The van der Waals surface area contributed by atoms with Gasteiger partial charge in [0.15, 0.2) is 0 Å². The minimum Gasteiger partial charge on any atom is -0.381 e. The molecule has 3 nitrogen and oxygen atoms in total. The number of imidazole rings is 1. The van der Waals surface area contributed by atoms with Gasteiger partial charge in [-0.1, -0.05) is 6.07 Å². The molecule has 0 amide bonds. The number of para-hydroxylation sites is 1. The first-order valence-corrected chi connectivity index (χ1v) is 4.56. The van der Waals surface area contributed by atoms with Crippen molar-refractivity contribution in [1.82, 2.24) is 9.55 Å². The van der Waals surface area contributed by atoms with E-state index in [0.717, 1.165) is 24.4 Å². The van der Waals surface area contributed by atoms with Crippen LogP contribution in [0, 0.1) is 6.92 Å². The van der Waals surface area contributed by atoms with E-state index in [0.29, 0.717) is 0 Å². The molecule has 0 saturated heterocycles. The van der Waals surface area contributed by atoms with Crippen LogP contribution in [0.2, 0.25) is 0 Å². The second-order valence-electron chi connectivity index (χ2n) is 3.41. The molecular weight excluding hydrogens is 162 g/mol. The maximum Gasteiger partial charge on any atom is 0.106 e. The number of rotatable bonds is 0. The molecular formula is C10H11N3. The Labute approximate surface area is 76.4 Å². The van der Waals surface area contributed by atoms with Crippen molar-refractivity contribution in [2.24, 2.45) is 0 Å². The molecule has 0 atom stereocenters. The topological polar surface area (TPSA) is 29.9 Å². The summed E-state index contributed by atoms with van der Waals surface area (Å²) in [6.07, 6.45) is 0. The molecule has 0 unspecified atom stereocenters. The van der Waals surface area contributed by atoms with Gasteiger partial charge in [0.1, 0.15) is 5.82 Å². The Morgan fingerprint density at radius 2 is 2.38 bits per heavy atom. The summed E-state index contributed by atoms with van der Waals surface area (Å²) >= 11 is 0. The van der Waals surface area contributed by atoms with Crippen LogP contribution >= 0.6 is 0 Å². The van der Waals surface area contributed by atoms with E-state index in [-0.39, 0.29) is 0 Å². The van der Waals surface area contributed by atoms with Gasteiger partial charge in [0.25, 0.3) is 0 Å². The Kier molecular flexibility index (Phi) is 1.20. The van der Waals surface area contributed by atoms with E-state index < -0.39 is 0 Å². The van der Waals surface area contributed by atoms with Gasteiger partial charge in [-0.05, 0) is 19.1 Å². The van der Waals surface area contributed by atoms with Crippen molar-refractivity contribution >= 4 is 16.7 Å². The first-order valence-electron chi connectivity index (χ1n) is 4.56. The molecule has 1 aliphatic rings. The lowest BCUT2D eigenvalue weighted by atomic mass is 10.2. The van der Waals surface area contributed by atoms with Gasteiger partial charge >= 0.3 is 0 Å².